The second kappa shape index (κ2) is 6.68. The number of benzene rings is 2. The van der Waals surface area contributed by atoms with Crippen molar-refractivity contribution in [3.63, 3.8) is 0 Å². The third-order valence-electron chi connectivity index (χ3n) is 2.70. The molecule has 0 aliphatic heterocycles. The van der Waals surface area contributed by atoms with Gasteiger partial charge < -0.3 is 16.4 Å². The Bertz CT molecular complexity index is 614. The van der Waals surface area contributed by atoms with Crippen LogP contribution in [-0.2, 0) is 6.54 Å². The zero-order valence-corrected chi connectivity index (χ0v) is 11.6. The average Bonchev–Trinajstić information content (AvgIpc) is 2.46. The molecule has 5 heteroatoms. The number of rotatable bonds is 4. The highest BCUT2D eigenvalue weighted by Gasteiger charge is 2.02. The topological polar surface area (TPSA) is 67.1 Å². The minimum Gasteiger partial charge on any atom is -0.389 e. The fourth-order valence-electron chi connectivity index (χ4n) is 1.71. The summed E-state index contributed by atoms with van der Waals surface area (Å²) in [5.41, 5.74) is 8.06. The SMILES string of the molecule is NC(=S)c1cccc(CNC(=O)Nc2ccccc2)c1. The summed E-state index contributed by atoms with van der Waals surface area (Å²) in [5, 5.41) is 5.53. The molecule has 0 atom stereocenters. The van der Waals surface area contributed by atoms with Gasteiger partial charge in [-0.05, 0) is 23.8 Å². The van der Waals surface area contributed by atoms with Gasteiger partial charge in [0.1, 0.15) is 4.99 Å². The fraction of sp³-hybridized carbons (Fsp3) is 0.0667. The van der Waals surface area contributed by atoms with Crippen LogP contribution in [0, 0.1) is 0 Å². The summed E-state index contributed by atoms with van der Waals surface area (Å²) in [6, 6.07) is 16.5. The molecule has 2 aromatic rings. The molecule has 4 N–H and O–H groups in total. The monoisotopic (exact) mass is 285 g/mol. The van der Waals surface area contributed by atoms with Crippen LogP contribution < -0.4 is 16.4 Å². The molecule has 0 bridgehead atoms. The maximum atomic E-state index is 11.7. The number of hydrogen-bond acceptors (Lipinski definition) is 2. The van der Waals surface area contributed by atoms with Gasteiger partial charge >= 0.3 is 6.03 Å². The quantitative estimate of drug-likeness (QED) is 0.757. The predicted octanol–water partition coefficient (Wildman–Crippen LogP) is 2.64. The van der Waals surface area contributed by atoms with Crippen molar-refractivity contribution in [2.75, 3.05) is 5.32 Å². The van der Waals surface area contributed by atoms with Gasteiger partial charge in [-0.2, -0.15) is 0 Å². The standard InChI is InChI=1S/C15H15N3OS/c16-14(20)12-6-4-5-11(9-12)10-17-15(19)18-13-7-2-1-3-8-13/h1-9H,10H2,(H2,16,20)(H2,17,18,19). The Balaban J connectivity index is 1.90. The second-order valence-electron chi connectivity index (χ2n) is 4.24. The van der Waals surface area contributed by atoms with E-state index in [2.05, 4.69) is 10.6 Å². The number of thiocarbonyl (C=S) groups is 1. The summed E-state index contributed by atoms with van der Waals surface area (Å²) in [4.78, 5) is 12.1. The first-order chi connectivity index (χ1) is 9.65. The van der Waals surface area contributed by atoms with Crippen molar-refractivity contribution in [1.29, 1.82) is 0 Å². The van der Waals surface area contributed by atoms with Gasteiger partial charge in [-0.25, -0.2) is 4.79 Å². The first kappa shape index (κ1) is 14.0. The lowest BCUT2D eigenvalue weighted by Gasteiger charge is -2.08. The zero-order valence-electron chi connectivity index (χ0n) is 10.8. The van der Waals surface area contributed by atoms with Gasteiger partial charge in [-0.1, -0.05) is 48.6 Å². The molecule has 0 aromatic heterocycles. The smallest absolute Gasteiger partial charge is 0.319 e. The van der Waals surface area contributed by atoms with Crippen LogP contribution in [0.5, 0.6) is 0 Å². The Morgan fingerprint density at radius 2 is 1.85 bits per heavy atom. The molecule has 20 heavy (non-hydrogen) atoms. The van der Waals surface area contributed by atoms with Crippen molar-refractivity contribution >= 4 is 28.9 Å². The number of carbonyl (C=O) groups excluding carboxylic acids is 1. The zero-order chi connectivity index (χ0) is 14.4. The Kier molecular flexibility index (Phi) is 4.68. The Hall–Kier alpha value is -2.40. The van der Waals surface area contributed by atoms with Crippen LogP contribution in [0.4, 0.5) is 10.5 Å². The number of nitrogens with two attached hydrogens (primary N) is 1. The van der Waals surface area contributed by atoms with E-state index in [0.29, 0.717) is 11.5 Å². The van der Waals surface area contributed by atoms with Gasteiger partial charge in [0.15, 0.2) is 0 Å². The van der Waals surface area contributed by atoms with Crippen LogP contribution in [0.1, 0.15) is 11.1 Å². The lowest BCUT2D eigenvalue weighted by Crippen LogP contribution is -2.28. The second-order valence-corrected chi connectivity index (χ2v) is 4.68. The first-order valence-corrected chi connectivity index (χ1v) is 6.54. The molecule has 0 saturated heterocycles. The molecule has 0 unspecified atom stereocenters. The van der Waals surface area contributed by atoms with E-state index in [1.54, 1.807) is 0 Å². The summed E-state index contributed by atoms with van der Waals surface area (Å²) in [6.45, 7) is 0.412. The van der Waals surface area contributed by atoms with Crippen molar-refractivity contribution in [2.45, 2.75) is 6.54 Å². The lowest BCUT2D eigenvalue weighted by molar-refractivity contribution is 0.251. The molecule has 0 fully saturated rings. The number of urea groups is 1. The van der Waals surface area contributed by atoms with Crippen molar-refractivity contribution < 1.29 is 4.79 Å². The van der Waals surface area contributed by atoms with E-state index in [0.717, 1.165) is 16.8 Å². The number of carbonyl (C=O) groups is 1. The largest absolute Gasteiger partial charge is 0.389 e. The van der Waals surface area contributed by atoms with Crippen LogP contribution in [0.15, 0.2) is 54.6 Å². The molecule has 0 radical (unpaired) electrons. The minimum atomic E-state index is -0.253. The van der Waals surface area contributed by atoms with Gasteiger partial charge in [-0.3, -0.25) is 0 Å². The molecule has 4 nitrogen and oxygen atoms in total. The number of nitrogens with one attached hydrogen (secondary N) is 2. The first-order valence-electron chi connectivity index (χ1n) is 6.14. The summed E-state index contributed by atoms with van der Waals surface area (Å²) < 4.78 is 0. The molecule has 2 rings (SSSR count). The van der Waals surface area contributed by atoms with Gasteiger partial charge in [-0.15, -0.1) is 0 Å². The predicted molar refractivity (Wildman–Crippen MR) is 84.6 cm³/mol. The molecule has 2 aromatic carbocycles. The Morgan fingerprint density at radius 1 is 1.10 bits per heavy atom. The van der Waals surface area contributed by atoms with E-state index in [1.807, 2.05) is 54.6 Å². The van der Waals surface area contributed by atoms with E-state index in [4.69, 9.17) is 18.0 Å². The fourth-order valence-corrected chi connectivity index (χ4v) is 1.84. The van der Waals surface area contributed by atoms with E-state index >= 15 is 0 Å². The maximum absolute atomic E-state index is 11.7. The van der Waals surface area contributed by atoms with Crippen molar-refractivity contribution in [2.24, 2.45) is 5.73 Å². The van der Waals surface area contributed by atoms with E-state index in [1.165, 1.54) is 0 Å². The molecule has 102 valence electrons. The third kappa shape index (κ3) is 4.07. The van der Waals surface area contributed by atoms with Gasteiger partial charge in [0.05, 0.1) is 0 Å². The van der Waals surface area contributed by atoms with Crippen LogP contribution in [0.3, 0.4) is 0 Å². The number of para-hydroxylation sites is 1. The summed E-state index contributed by atoms with van der Waals surface area (Å²) in [5.74, 6) is 0. The van der Waals surface area contributed by atoms with E-state index < -0.39 is 0 Å². The normalized spacial score (nSPS) is 9.80. The maximum Gasteiger partial charge on any atom is 0.319 e. The summed E-state index contributed by atoms with van der Waals surface area (Å²) in [6.07, 6.45) is 0. The van der Waals surface area contributed by atoms with Crippen molar-refractivity contribution in [3.05, 3.63) is 65.7 Å². The number of hydrogen-bond donors (Lipinski definition) is 3. The Labute approximate surface area is 123 Å². The van der Waals surface area contributed by atoms with Gasteiger partial charge in [0, 0.05) is 17.8 Å². The average molecular weight is 285 g/mol. The molecule has 0 saturated carbocycles. The van der Waals surface area contributed by atoms with Crippen molar-refractivity contribution in [1.82, 2.24) is 5.32 Å². The molecule has 2 amide bonds. The van der Waals surface area contributed by atoms with Crippen molar-refractivity contribution in [3.8, 4) is 0 Å². The Morgan fingerprint density at radius 3 is 2.55 bits per heavy atom. The van der Waals surface area contributed by atoms with Crippen LogP contribution >= 0.6 is 12.2 Å². The summed E-state index contributed by atoms with van der Waals surface area (Å²) in [7, 11) is 0. The highest BCUT2D eigenvalue weighted by Crippen LogP contribution is 2.06. The van der Waals surface area contributed by atoms with Crippen LogP contribution in [-0.4, -0.2) is 11.0 Å². The highest BCUT2D eigenvalue weighted by molar-refractivity contribution is 7.80. The molecule has 0 heterocycles. The molecule has 0 spiro atoms. The molecule has 0 aliphatic carbocycles. The molecular weight excluding hydrogens is 270 g/mol. The van der Waals surface area contributed by atoms with Crippen LogP contribution in [0.25, 0.3) is 0 Å². The van der Waals surface area contributed by atoms with Gasteiger partial charge in [0.25, 0.3) is 0 Å². The summed E-state index contributed by atoms with van der Waals surface area (Å²) >= 11 is 4.92. The number of anilines is 1. The molecule has 0 aliphatic rings. The van der Waals surface area contributed by atoms with Gasteiger partial charge in [0.2, 0.25) is 0 Å². The van der Waals surface area contributed by atoms with Crippen LogP contribution in [0.2, 0.25) is 0 Å². The molecular formula is C15H15N3OS. The highest BCUT2D eigenvalue weighted by atomic mass is 32.1. The minimum absolute atomic E-state index is 0.253. The lowest BCUT2D eigenvalue weighted by atomic mass is 10.1. The van der Waals surface area contributed by atoms with E-state index in [9.17, 15) is 4.79 Å². The third-order valence-corrected chi connectivity index (χ3v) is 2.93. The van der Waals surface area contributed by atoms with E-state index in [-0.39, 0.29) is 6.03 Å². The number of amides is 2.